The normalized spacial score (nSPS) is 12.0. The summed E-state index contributed by atoms with van der Waals surface area (Å²) >= 11 is 1.33. The largest absolute Gasteiger partial charge is 0.496 e. The highest BCUT2D eigenvalue weighted by Gasteiger charge is 2.19. The molecule has 8 heteroatoms. The molecule has 1 aromatic heterocycles. The third-order valence-electron chi connectivity index (χ3n) is 3.32. The number of urea groups is 1. The van der Waals surface area contributed by atoms with Crippen LogP contribution in [0, 0.1) is 6.92 Å². The molecule has 2 rings (SSSR count). The van der Waals surface area contributed by atoms with Crippen molar-refractivity contribution >= 4 is 22.5 Å². The second-order valence-electron chi connectivity index (χ2n) is 5.18. The molecule has 0 bridgehead atoms. The molecule has 23 heavy (non-hydrogen) atoms. The molecule has 1 atom stereocenters. The fraction of sp³-hybridized carbons (Fsp3) is 0.400. The summed E-state index contributed by atoms with van der Waals surface area (Å²) in [5, 5.41) is 14.6. The molecule has 1 heterocycles. The van der Waals surface area contributed by atoms with Gasteiger partial charge in [-0.25, -0.2) is 4.79 Å². The van der Waals surface area contributed by atoms with E-state index in [1.54, 1.807) is 7.11 Å². The van der Waals surface area contributed by atoms with Crippen LogP contribution in [0.3, 0.4) is 0 Å². The van der Waals surface area contributed by atoms with Gasteiger partial charge in [-0.3, -0.25) is 5.32 Å². The molecule has 2 aromatic rings. The minimum absolute atomic E-state index is 0.00643. The lowest BCUT2D eigenvalue weighted by molar-refractivity contribution is 0.242. The smallest absolute Gasteiger partial charge is 0.321 e. The Hall–Kier alpha value is -2.19. The minimum atomic E-state index is -0.303. The zero-order valence-electron chi connectivity index (χ0n) is 13.7. The van der Waals surface area contributed by atoms with Gasteiger partial charge < -0.3 is 15.0 Å². The summed E-state index contributed by atoms with van der Waals surface area (Å²) < 4.78 is 5.41. The molecule has 0 aliphatic carbocycles. The van der Waals surface area contributed by atoms with E-state index in [4.69, 9.17) is 4.74 Å². The molecule has 7 nitrogen and oxygen atoms in total. The average Bonchev–Trinajstić information content (AvgIpc) is 2.92. The number of ether oxygens (including phenoxy) is 1. The molecule has 2 N–H and O–H groups in total. The van der Waals surface area contributed by atoms with Gasteiger partial charge in [-0.1, -0.05) is 29.5 Å². The second-order valence-corrected chi connectivity index (χ2v) is 6.36. The van der Waals surface area contributed by atoms with Crippen LogP contribution in [0.25, 0.3) is 0 Å². The number of aromatic nitrogens is 2. The molecule has 0 aliphatic rings. The maximum atomic E-state index is 12.0. The van der Waals surface area contributed by atoms with E-state index in [0.717, 1.165) is 16.3 Å². The molecule has 1 aromatic carbocycles. The molecule has 0 fully saturated rings. The van der Waals surface area contributed by atoms with Gasteiger partial charge in [0.2, 0.25) is 5.13 Å². The zero-order chi connectivity index (χ0) is 16.8. The topological polar surface area (TPSA) is 79.4 Å². The highest BCUT2D eigenvalue weighted by molar-refractivity contribution is 7.15. The van der Waals surface area contributed by atoms with Crippen molar-refractivity contribution in [3.8, 4) is 5.75 Å². The van der Waals surface area contributed by atoms with Crippen molar-refractivity contribution in [3.05, 3.63) is 34.8 Å². The lowest BCUT2D eigenvalue weighted by Crippen LogP contribution is -2.37. The van der Waals surface area contributed by atoms with Gasteiger partial charge in [0.15, 0.2) is 0 Å². The van der Waals surface area contributed by atoms with Crippen molar-refractivity contribution in [1.29, 1.82) is 0 Å². The first-order chi connectivity index (χ1) is 11.0. The molecule has 0 spiro atoms. The first-order valence-corrected chi connectivity index (χ1v) is 7.97. The molecule has 0 radical (unpaired) electrons. The molecular formula is C15H21N5O2S. The highest BCUT2D eigenvalue weighted by Crippen LogP contribution is 2.27. The van der Waals surface area contributed by atoms with Gasteiger partial charge in [0.25, 0.3) is 0 Å². The second kappa shape index (κ2) is 7.89. The lowest BCUT2D eigenvalue weighted by Gasteiger charge is -2.26. The van der Waals surface area contributed by atoms with Crippen LogP contribution in [-0.4, -0.2) is 48.9 Å². The van der Waals surface area contributed by atoms with Gasteiger partial charge >= 0.3 is 6.03 Å². The van der Waals surface area contributed by atoms with E-state index in [9.17, 15) is 4.79 Å². The first-order valence-electron chi connectivity index (χ1n) is 7.15. The minimum Gasteiger partial charge on any atom is -0.496 e. The summed E-state index contributed by atoms with van der Waals surface area (Å²) in [5.41, 5.74) is 1.02. The van der Waals surface area contributed by atoms with Crippen LogP contribution in [0.4, 0.5) is 9.93 Å². The number of amides is 2. The van der Waals surface area contributed by atoms with Gasteiger partial charge in [0.1, 0.15) is 10.8 Å². The number of nitrogens with zero attached hydrogens (tertiary/aromatic N) is 3. The summed E-state index contributed by atoms with van der Waals surface area (Å²) in [5.74, 6) is 0.799. The van der Waals surface area contributed by atoms with Crippen molar-refractivity contribution < 1.29 is 9.53 Å². The van der Waals surface area contributed by atoms with Crippen LogP contribution in [-0.2, 0) is 0 Å². The Bertz CT molecular complexity index is 659. The Kier molecular flexibility index (Phi) is 5.89. The molecule has 2 amide bonds. The Morgan fingerprint density at radius 3 is 2.70 bits per heavy atom. The standard InChI is InChI=1S/C15H21N5O2S/c1-10-18-19-15(23-10)17-14(21)16-9-12(20(2)3)11-7-5-6-8-13(11)22-4/h5-8,12H,9H2,1-4H3,(H2,16,17,19,21). The summed E-state index contributed by atoms with van der Waals surface area (Å²) in [7, 11) is 5.57. The Morgan fingerprint density at radius 2 is 2.09 bits per heavy atom. The Balaban J connectivity index is 2.01. The predicted molar refractivity (Wildman–Crippen MR) is 91.1 cm³/mol. The molecule has 0 saturated heterocycles. The van der Waals surface area contributed by atoms with E-state index in [1.807, 2.05) is 50.2 Å². The SMILES string of the molecule is COc1ccccc1C(CNC(=O)Nc1nnc(C)s1)N(C)C. The van der Waals surface area contributed by atoms with Crippen LogP contribution in [0.5, 0.6) is 5.75 Å². The quantitative estimate of drug-likeness (QED) is 0.847. The molecule has 1 unspecified atom stereocenters. The molecule has 124 valence electrons. The zero-order valence-corrected chi connectivity index (χ0v) is 14.5. The molecule has 0 saturated carbocycles. The number of nitrogens with one attached hydrogen (secondary N) is 2. The molecule has 0 aliphatic heterocycles. The number of para-hydroxylation sites is 1. The lowest BCUT2D eigenvalue weighted by atomic mass is 10.0. The fourth-order valence-electron chi connectivity index (χ4n) is 2.19. The number of aryl methyl sites for hydroxylation is 1. The van der Waals surface area contributed by atoms with Crippen LogP contribution >= 0.6 is 11.3 Å². The number of hydrogen-bond donors (Lipinski definition) is 2. The van der Waals surface area contributed by atoms with E-state index in [0.29, 0.717) is 11.7 Å². The van der Waals surface area contributed by atoms with Gasteiger partial charge in [0.05, 0.1) is 13.2 Å². The Morgan fingerprint density at radius 1 is 1.35 bits per heavy atom. The van der Waals surface area contributed by atoms with Gasteiger partial charge in [0, 0.05) is 12.1 Å². The number of anilines is 1. The van der Waals surface area contributed by atoms with Crippen LogP contribution < -0.4 is 15.4 Å². The maximum Gasteiger partial charge on any atom is 0.321 e. The average molecular weight is 335 g/mol. The number of methoxy groups -OCH3 is 1. The van der Waals surface area contributed by atoms with Crippen molar-refractivity contribution in [2.24, 2.45) is 0 Å². The summed E-state index contributed by atoms with van der Waals surface area (Å²) in [6, 6.07) is 7.48. The Labute approximate surface area is 139 Å². The number of rotatable bonds is 6. The van der Waals surface area contributed by atoms with E-state index in [2.05, 4.69) is 20.8 Å². The first kappa shape index (κ1) is 17.2. The van der Waals surface area contributed by atoms with E-state index in [1.165, 1.54) is 11.3 Å². The highest BCUT2D eigenvalue weighted by atomic mass is 32.1. The third-order valence-corrected chi connectivity index (χ3v) is 4.08. The molecular weight excluding hydrogens is 314 g/mol. The summed E-state index contributed by atoms with van der Waals surface area (Å²) in [4.78, 5) is 14.0. The van der Waals surface area contributed by atoms with E-state index in [-0.39, 0.29) is 12.1 Å². The monoisotopic (exact) mass is 335 g/mol. The van der Waals surface area contributed by atoms with Crippen LogP contribution in [0.15, 0.2) is 24.3 Å². The number of likely N-dealkylation sites (N-methyl/N-ethyl adjacent to an activating group) is 1. The van der Waals surface area contributed by atoms with Crippen molar-refractivity contribution in [2.45, 2.75) is 13.0 Å². The van der Waals surface area contributed by atoms with Crippen molar-refractivity contribution in [2.75, 3.05) is 33.1 Å². The van der Waals surface area contributed by atoms with E-state index < -0.39 is 0 Å². The van der Waals surface area contributed by atoms with Crippen LogP contribution in [0.2, 0.25) is 0 Å². The van der Waals surface area contributed by atoms with Gasteiger partial charge in [-0.2, -0.15) is 0 Å². The number of carbonyl (C=O) groups is 1. The number of carbonyl (C=O) groups excluding carboxylic acids is 1. The van der Waals surface area contributed by atoms with E-state index >= 15 is 0 Å². The number of benzene rings is 1. The van der Waals surface area contributed by atoms with Crippen molar-refractivity contribution in [1.82, 2.24) is 20.4 Å². The van der Waals surface area contributed by atoms with Crippen LogP contribution in [0.1, 0.15) is 16.6 Å². The van der Waals surface area contributed by atoms with Gasteiger partial charge in [-0.15, -0.1) is 10.2 Å². The summed E-state index contributed by atoms with van der Waals surface area (Å²) in [6.45, 7) is 2.28. The fourth-order valence-corrected chi connectivity index (χ4v) is 2.78. The summed E-state index contributed by atoms with van der Waals surface area (Å²) in [6.07, 6.45) is 0. The van der Waals surface area contributed by atoms with Crippen molar-refractivity contribution in [3.63, 3.8) is 0 Å². The third kappa shape index (κ3) is 4.64. The van der Waals surface area contributed by atoms with Gasteiger partial charge in [-0.05, 0) is 27.1 Å². The predicted octanol–water partition coefficient (Wildman–Crippen LogP) is 2.28. The number of hydrogen-bond acceptors (Lipinski definition) is 6. The maximum absolute atomic E-state index is 12.0.